The van der Waals surface area contributed by atoms with Crippen molar-refractivity contribution in [3.8, 4) is 5.75 Å². The third-order valence-electron chi connectivity index (χ3n) is 2.94. The van der Waals surface area contributed by atoms with Crippen molar-refractivity contribution in [3.63, 3.8) is 0 Å². The van der Waals surface area contributed by atoms with E-state index in [1.54, 1.807) is 24.3 Å². The van der Waals surface area contributed by atoms with Gasteiger partial charge in [-0.3, -0.25) is 4.79 Å². The standard InChI is InChI=1S/C15H22N2O4/c1-4-10(2)17-15(19)11(3)21-14(18)9-20-13-8-6-5-7-12(13)16/h5-8,10-11H,4,9,16H2,1-3H3,(H,17,19). The van der Waals surface area contributed by atoms with E-state index in [9.17, 15) is 9.59 Å². The summed E-state index contributed by atoms with van der Waals surface area (Å²) in [6.07, 6.45) is -0.0498. The predicted octanol–water partition coefficient (Wildman–Crippen LogP) is 1.49. The number of anilines is 1. The van der Waals surface area contributed by atoms with Crippen LogP contribution in [0.15, 0.2) is 24.3 Å². The number of nitrogens with two attached hydrogens (primary N) is 1. The number of para-hydroxylation sites is 2. The van der Waals surface area contributed by atoms with Crippen molar-refractivity contribution in [2.24, 2.45) is 0 Å². The molecular formula is C15H22N2O4. The molecule has 2 unspecified atom stereocenters. The Morgan fingerprint density at radius 1 is 1.29 bits per heavy atom. The van der Waals surface area contributed by atoms with E-state index in [0.29, 0.717) is 11.4 Å². The summed E-state index contributed by atoms with van der Waals surface area (Å²) in [4.78, 5) is 23.4. The Morgan fingerprint density at radius 2 is 1.95 bits per heavy atom. The second kappa shape index (κ2) is 8.14. The molecule has 116 valence electrons. The number of amides is 1. The van der Waals surface area contributed by atoms with Crippen molar-refractivity contribution in [3.05, 3.63) is 24.3 Å². The van der Waals surface area contributed by atoms with Gasteiger partial charge in [0.1, 0.15) is 5.75 Å². The van der Waals surface area contributed by atoms with E-state index in [1.807, 2.05) is 13.8 Å². The number of esters is 1. The van der Waals surface area contributed by atoms with E-state index >= 15 is 0 Å². The van der Waals surface area contributed by atoms with Crippen molar-refractivity contribution in [1.29, 1.82) is 0 Å². The van der Waals surface area contributed by atoms with Crippen molar-refractivity contribution in [1.82, 2.24) is 5.32 Å². The van der Waals surface area contributed by atoms with Gasteiger partial charge in [0.25, 0.3) is 5.91 Å². The maximum Gasteiger partial charge on any atom is 0.344 e. The molecule has 0 fully saturated rings. The zero-order valence-corrected chi connectivity index (χ0v) is 12.6. The highest BCUT2D eigenvalue weighted by atomic mass is 16.6. The lowest BCUT2D eigenvalue weighted by Gasteiger charge is -2.17. The lowest BCUT2D eigenvalue weighted by molar-refractivity contribution is -0.156. The first-order valence-electron chi connectivity index (χ1n) is 6.91. The van der Waals surface area contributed by atoms with Crippen molar-refractivity contribution >= 4 is 17.6 Å². The van der Waals surface area contributed by atoms with Crippen molar-refractivity contribution < 1.29 is 19.1 Å². The Hall–Kier alpha value is -2.24. The minimum Gasteiger partial charge on any atom is -0.480 e. The third-order valence-corrected chi connectivity index (χ3v) is 2.94. The van der Waals surface area contributed by atoms with Crippen LogP contribution in [0, 0.1) is 0 Å². The minimum atomic E-state index is -0.858. The largest absolute Gasteiger partial charge is 0.480 e. The average Bonchev–Trinajstić information content (AvgIpc) is 2.46. The van der Waals surface area contributed by atoms with Gasteiger partial charge in [-0.2, -0.15) is 0 Å². The van der Waals surface area contributed by atoms with Crippen molar-refractivity contribution in [2.75, 3.05) is 12.3 Å². The Morgan fingerprint density at radius 3 is 2.57 bits per heavy atom. The SMILES string of the molecule is CCC(C)NC(=O)C(C)OC(=O)COc1ccccc1N. The molecule has 0 aliphatic rings. The fraction of sp³-hybridized carbons (Fsp3) is 0.467. The van der Waals surface area contributed by atoms with Crippen LogP contribution < -0.4 is 15.8 Å². The summed E-state index contributed by atoms with van der Waals surface area (Å²) in [6.45, 7) is 5.06. The predicted molar refractivity (Wildman–Crippen MR) is 79.8 cm³/mol. The zero-order valence-electron chi connectivity index (χ0n) is 12.6. The first-order chi connectivity index (χ1) is 9.93. The highest BCUT2D eigenvalue weighted by Gasteiger charge is 2.19. The molecule has 1 amide bonds. The van der Waals surface area contributed by atoms with Gasteiger partial charge in [-0.1, -0.05) is 19.1 Å². The van der Waals surface area contributed by atoms with Crippen LogP contribution >= 0.6 is 0 Å². The topological polar surface area (TPSA) is 90.6 Å². The molecule has 3 N–H and O–H groups in total. The highest BCUT2D eigenvalue weighted by Crippen LogP contribution is 2.19. The van der Waals surface area contributed by atoms with E-state index in [-0.39, 0.29) is 18.6 Å². The van der Waals surface area contributed by atoms with Gasteiger partial charge in [0.15, 0.2) is 12.7 Å². The molecule has 0 aromatic heterocycles. The molecule has 0 bridgehead atoms. The lowest BCUT2D eigenvalue weighted by Crippen LogP contribution is -2.41. The molecule has 0 spiro atoms. The average molecular weight is 294 g/mol. The molecule has 1 aromatic rings. The Bertz CT molecular complexity index is 490. The molecule has 0 aliphatic carbocycles. The third kappa shape index (κ3) is 5.72. The molecule has 0 radical (unpaired) electrons. The van der Waals surface area contributed by atoms with Gasteiger partial charge >= 0.3 is 5.97 Å². The second-order valence-electron chi connectivity index (χ2n) is 4.78. The van der Waals surface area contributed by atoms with E-state index < -0.39 is 12.1 Å². The molecule has 0 heterocycles. The maximum absolute atomic E-state index is 11.7. The van der Waals surface area contributed by atoms with E-state index in [4.69, 9.17) is 15.2 Å². The summed E-state index contributed by atoms with van der Waals surface area (Å²) in [5.74, 6) is -0.534. The fourth-order valence-electron chi connectivity index (χ4n) is 1.50. The Kier molecular flexibility index (Phi) is 6.52. The first-order valence-corrected chi connectivity index (χ1v) is 6.91. The lowest BCUT2D eigenvalue weighted by atomic mass is 10.2. The molecule has 21 heavy (non-hydrogen) atoms. The molecule has 6 nitrogen and oxygen atoms in total. The molecule has 1 rings (SSSR count). The minimum absolute atomic E-state index is 0.0408. The number of carbonyl (C=O) groups is 2. The smallest absolute Gasteiger partial charge is 0.344 e. The summed E-state index contributed by atoms with van der Waals surface area (Å²) in [5.41, 5.74) is 6.12. The quantitative estimate of drug-likeness (QED) is 0.587. The number of hydrogen-bond donors (Lipinski definition) is 2. The number of hydrogen-bond acceptors (Lipinski definition) is 5. The monoisotopic (exact) mass is 294 g/mol. The second-order valence-corrected chi connectivity index (χ2v) is 4.78. The highest BCUT2D eigenvalue weighted by molar-refractivity contribution is 5.83. The number of nitrogens with one attached hydrogen (secondary N) is 1. The number of ether oxygens (including phenoxy) is 2. The molecule has 2 atom stereocenters. The number of benzene rings is 1. The summed E-state index contributed by atoms with van der Waals surface area (Å²) in [5, 5.41) is 2.74. The van der Waals surface area contributed by atoms with Crippen molar-refractivity contribution in [2.45, 2.75) is 39.3 Å². The first kappa shape index (κ1) is 16.8. The maximum atomic E-state index is 11.7. The zero-order chi connectivity index (χ0) is 15.8. The van der Waals surface area contributed by atoms with Gasteiger partial charge < -0.3 is 20.5 Å². The van der Waals surface area contributed by atoms with Crippen LogP contribution in [0.5, 0.6) is 5.75 Å². The van der Waals surface area contributed by atoms with E-state index in [0.717, 1.165) is 6.42 Å². The molecule has 0 saturated carbocycles. The molecule has 6 heteroatoms. The van der Waals surface area contributed by atoms with Gasteiger partial charge in [0, 0.05) is 6.04 Å². The number of rotatable bonds is 7. The Balaban J connectivity index is 2.40. The molecular weight excluding hydrogens is 272 g/mol. The normalized spacial score (nSPS) is 13.1. The summed E-state index contributed by atoms with van der Waals surface area (Å²) in [6, 6.07) is 6.88. The van der Waals surface area contributed by atoms with Gasteiger partial charge in [0.05, 0.1) is 5.69 Å². The molecule has 0 aliphatic heterocycles. The number of carbonyl (C=O) groups excluding carboxylic acids is 2. The summed E-state index contributed by atoms with van der Waals surface area (Å²) < 4.78 is 10.3. The van der Waals surface area contributed by atoms with Gasteiger partial charge in [-0.05, 0) is 32.4 Å². The van der Waals surface area contributed by atoms with Crippen LogP contribution in [0.3, 0.4) is 0 Å². The fourth-order valence-corrected chi connectivity index (χ4v) is 1.50. The van der Waals surface area contributed by atoms with Crippen LogP contribution in [0.2, 0.25) is 0 Å². The van der Waals surface area contributed by atoms with Crippen LogP contribution in [-0.4, -0.2) is 30.6 Å². The Labute approximate surface area is 124 Å². The van der Waals surface area contributed by atoms with Crippen LogP contribution in [-0.2, 0) is 14.3 Å². The summed E-state index contributed by atoms with van der Waals surface area (Å²) in [7, 11) is 0. The van der Waals surface area contributed by atoms with Crippen LogP contribution in [0.1, 0.15) is 27.2 Å². The van der Waals surface area contributed by atoms with Crippen LogP contribution in [0.4, 0.5) is 5.69 Å². The van der Waals surface area contributed by atoms with Gasteiger partial charge in [-0.15, -0.1) is 0 Å². The van der Waals surface area contributed by atoms with Gasteiger partial charge in [0.2, 0.25) is 0 Å². The van der Waals surface area contributed by atoms with E-state index in [1.165, 1.54) is 6.92 Å². The van der Waals surface area contributed by atoms with Crippen LogP contribution in [0.25, 0.3) is 0 Å². The molecule has 1 aromatic carbocycles. The summed E-state index contributed by atoms with van der Waals surface area (Å²) >= 11 is 0. The van der Waals surface area contributed by atoms with E-state index in [2.05, 4.69) is 5.32 Å². The van der Waals surface area contributed by atoms with Gasteiger partial charge in [-0.25, -0.2) is 4.79 Å². The molecule has 0 saturated heterocycles. The number of nitrogen functional groups attached to an aromatic ring is 1.